The molecular weight excluding hydrogens is 342 g/mol. The van der Waals surface area contributed by atoms with Gasteiger partial charge in [-0.15, -0.1) is 0 Å². The summed E-state index contributed by atoms with van der Waals surface area (Å²) in [4.78, 5) is 17.2. The number of carbonyl (C=O) groups excluding carboxylic acids is 1. The number of rotatable bonds is 2. The van der Waals surface area contributed by atoms with Crippen molar-refractivity contribution in [3.63, 3.8) is 0 Å². The second-order valence-electron chi connectivity index (χ2n) is 6.58. The molecular formula is C21H17N3OS. The largest absolute Gasteiger partial charge is 0.361 e. The summed E-state index contributed by atoms with van der Waals surface area (Å²) in [5.74, 6) is 0. The lowest BCUT2D eigenvalue weighted by molar-refractivity contribution is 0.199. The number of nitrogens with zero attached hydrogens (tertiary/aromatic N) is 1. The Bertz CT molecular complexity index is 1110. The predicted octanol–water partition coefficient (Wildman–Crippen LogP) is 4.88. The third-order valence-electron chi connectivity index (χ3n) is 5.14. The minimum Gasteiger partial charge on any atom is -0.361 e. The third kappa shape index (κ3) is 2.24. The van der Waals surface area contributed by atoms with E-state index in [2.05, 4.69) is 46.1 Å². The molecule has 1 atom stereocenters. The predicted molar refractivity (Wildman–Crippen MR) is 105 cm³/mol. The standard InChI is InChI=1S/C21H17N3OS/c22-21(25)24-11-15-9-13(14-7-8-26-12-14)5-6-16(15)20(24)18-10-23-19-4-2-1-3-17(18)19/h1-10,12,20,23H,11H2,(H2,22,25). The number of hydrogen-bond acceptors (Lipinski definition) is 2. The molecule has 26 heavy (non-hydrogen) atoms. The van der Waals surface area contributed by atoms with E-state index in [4.69, 9.17) is 5.73 Å². The first-order valence-corrected chi connectivity index (χ1v) is 9.44. The van der Waals surface area contributed by atoms with Crippen molar-refractivity contribution in [2.75, 3.05) is 0 Å². The van der Waals surface area contributed by atoms with Crippen LogP contribution in [0.2, 0.25) is 0 Å². The zero-order valence-corrected chi connectivity index (χ0v) is 14.8. The monoisotopic (exact) mass is 359 g/mol. The summed E-state index contributed by atoms with van der Waals surface area (Å²) in [7, 11) is 0. The van der Waals surface area contributed by atoms with Crippen molar-refractivity contribution in [3.05, 3.63) is 82.2 Å². The number of fused-ring (bicyclic) bond motifs is 2. The SMILES string of the molecule is NC(=O)N1Cc2cc(-c3ccsc3)ccc2C1c1c[nH]c2ccccc12. The number of nitrogens with two attached hydrogens (primary N) is 1. The summed E-state index contributed by atoms with van der Waals surface area (Å²) in [6.45, 7) is 0.535. The molecule has 4 aromatic rings. The summed E-state index contributed by atoms with van der Waals surface area (Å²) < 4.78 is 0. The van der Waals surface area contributed by atoms with Crippen LogP contribution in [-0.4, -0.2) is 15.9 Å². The number of thiophene rings is 1. The van der Waals surface area contributed by atoms with Crippen molar-refractivity contribution >= 4 is 28.3 Å². The second kappa shape index (κ2) is 5.75. The van der Waals surface area contributed by atoms with Gasteiger partial charge in [0.15, 0.2) is 0 Å². The summed E-state index contributed by atoms with van der Waals surface area (Å²) in [5, 5.41) is 5.34. The number of urea groups is 1. The molecule has 2 aromatic heterocycles. The van der Waals surface area contributed by atoms with Crippen molar-refractivity contribution in [2.45, 2.75) is 12.6 Å². The van der Waals surface area contributed by atoms with E-state index in [1.54, 1.807) is 16.2 Å². The van der Waals surface area contributed by atoms with E-state index in [0.717, 1.165) is 27.6 Å². The lowest BCUT2D eigenvalue weighted by Gasteiger charge is -2.23. The van der Waals surface area contributed by atoms with Crippen molar-refractivity contribution in [3.8, 4) is 11.1 Å². The van der Waals surface area contributed by atoms with E-state index in [1.807, 2.05) is 24.4 Å². The highest BCUT2D eigenvalue weighted by Crippen LogP contribution is 2.42. The lowest BCUT2D eigenvalue weighted by atomic mass is 9.95. The van der Waals surface area contributed by atoms with Crippen LogP contribution in [0.4, 0.5) is 4.79 Å². The van der Waals surface area contributed by atoms with Gasteiger partial charge < -0.3 is 15.6 Å². The van der Waals surface area contributed by atoms with Gasteiger partial charge >= 0.3 is 6.03 Å². The number of nitrogens with one attached hydrogen (secondary N) is 1. The molecule has 0 spiro atoms. The number of aromatic nitrogens is 1. The van der Waals surface area contributed by atoms with Crippen LogP contribution in [0.5, 0.6) is 0 Å². The van der Waals surface area contributed by atoms with E-state index in [9.17, 15) is 4.79 Å². The molecule has 1 unspecified atom stereocenters. The highest BCUT2D eigenvalue weighted by molar-refractivity contribution is 7.08. The molecule has 0 radical (unpaired) electrons. The van der Waals surface area contributed by atoms with Crippen LogP contribution in [0.25, 0.3) is 22.0 Å². The van der Waals surface area contributed by atoms with Crippen molar-refractivity contribution in [1.82, 2.24) is 9.88 Å². The van der Waals surface area contributed by atoms with Crippen molar-refractivity contribution in [1.29, 1.82) is 0 Å². The summed E-state index contributed by atoms with van der Waals surface area (Å²) in [5.41, 5.74) is 12.6. The maximum Gasteiger partial charge on any atom is 0.315 e. The molecule has 128 valence electrons. The molecule has 1 aliphatic rings. The van der Waals surface area contributed by atoms with E-state index in [0.29, 0.717) is 6.54 Å². The summed E-state index contributed by atoms with van der Waals surface area (Å²) in [6, 6.07) is 16.2. The fourth-order valence-electron chi connectivity index (χ4n) is 3.92. The number of benzene rings is 2. The van der Waals surface area contributed by atoms with Gasteiger partial charge in [0.1, 0.15) is 0 Å². The Hall–Kier alpha value is -3.05. The Morgan fingerprint density at radius 2 is 2.00 bits per heavy atom. The first-order valence-electron chi connectivity index (χ1n) is 8.50. The zero-order chi connectivity index (χ0) is 17.7. The number of amides is 2. The summed E-state index contributed by atoms with van der Waals surface area (Å²) >= 11 is 1.68. The number of carbonyl (C=O) groups is 1. The highest BCUT2D eigenvalue weighted by atomic mass is 32.1. The van der Waals surface area contributed by atoms with E-state index < -0.39 is 6.03 Å². The maximum atomic E-state index is 12.2. The van der Waals surface area contributed by atoms with Gasteiger partial charge in [0, 0.05) is 29.2 Å². The molecule has 3 heterocycles. The number of aromatic amines is 1. The maximum absolute atomic E-state index is 12.2. The van der Waals surface area contributed by atoms with Gasteiger partial charge in [0.05, 0.1) is 6.04 Å². The average molecular weight is 359 g/mol. The van der Waals surface area contributed by atoms with Gasteiger partial charge in [0.2, 0.25) is 0 Å². The van der Waals surface area contributed by atoms with Crippen LogP contribution in [0.3, 0.4) is 0 Å². The number of primary amides is 1. The Morgan fingerprint density at radius 1 is 1.12 bits per heavy atom. The smallest absolute Gasteiger partial charge is 0.315 e. The van der Waals surface area contributed by atoms with Gasteiger partial charge in [-0.25, -0.2) is 4.79 Å². The summed E-state index contributed by atoms with van der Waals surface area (Å²) in [6.07, 6.45) is 1.99. The zero-order valence-electron chi connectivity index (χ0n) is 14.0. The van der Waals surface area contributed by atoms with Gasteiger partial charge in [-0.2, -0.15) is 11.3 Å². The molecule has 3 N–H and O–H groups in total. The van der Waals surface area contributed by atoms with Gasteiger partial charge in [-0.1, -0.05) is 30.3 Å². The van der Waals surface area contributed by atoms with Crippen LogP contribution >= 0.6 is 11.3 Å². The number of hydrogen-bond donors (Lipinski definition) is 2. The van der Waals surface area contributed by atoms with Crippen LogP contribution in [0.15, 0.2) is 65.5 Å². The number of para-hydroxylation sites is 1. The highest BCUT2D eigenvalue weighted by Gasteiger charge is 2.35. The van der Waals surface area contributed by atoms with Gasteiger partial charge in [-0.3, -0.25) is 0 Å². The Kier molecular flexibility index (Phi) is 3.36. The molecule has 5 heteroatoms. The molecule has 0 fully saturated rings. The van der Waals surface area contributed by atoms with E-state index >= 15 is 0 Å². The van der Waals surface area contributed by atoms with Gasteiger partial charge in [-0.05, 0) is 51.2 Å². The molecule has 0 saturated carbocycles. The molecule has 0 bridgehead atoms. The third-order valence-corrected chi connectivity index (χ3v) is 5.83. The minimum atomic E-state index is -0.395. The fraction of sp³-hybridized carbons (Fsp3) is 0.0952. The van der Waals surface area contributed by atoms with Crippen molar-refractivity contribution < 1.29 is 4.79 Å². The lowest BCUT2D eigenvalue weighted by Crippen LogP contribution is -2.34. The molecule has 4 nitrogen and oxygen atoms in total. The Balaban J connectivity index is 1.66. The number of H-pyrrole nitrogens is 1. The van der Waals surface area contributed by atoms with Crippen LogP contribution in [0, 0.1) is 0 Å². The molecule has 1 aliphatic heterocycles. The fourth-order valence-corrected chi connectivity index (χ4v) is 4.59. The van der Waals surface area contributed by atoms with E-state index in [-0.39, 0.29) is 6.04 Å². The Morgan fingerprint density at radius 3 is 2.81 bits per heavy atom. The van der Waals surface area contributed by atoms with E-state index in [1.165, 1.54) is 11.1 Å². The first kappa shape index (κ1) is 15.2. The average Bonchev–Trinajstić information content (AvgIpc) is 3.38. The molecule has 2 aromatic carbocycles. The van der Waals surface area contributed by atoms with Crippen LogP contribution < -0.4 is 5.73 Å². The second-order valence-corrected chi connectivity index (χ2v) is 7.36. The van der Waals surface area contributed by atoms with Crippen LogP contribution in [0.1, 0.15) is 22.7 Å². The quantitative estimate of drug-likeness (QED) is 0.526. The molecule has 5 rings (SSSR count). The Labute approximate surface area is 154 Å². The topological polar surface area (TPSA) is 62.1 Å². The normalized spacial score (nSPS) is 16.2. The van der Waals surface area contributed by atoms with Gasteiger partial charge in [0.25, 0.3) is 0 Å². The van der Waals surface area contributed by atoms with Crippen molar-refractivity contribution in [2.24, 2.45) is 5.73 Å². The molecule has 0 saturated heterocycles. The first-order chi connectivity index (χ1) is 12.7. The molecule has 0 aliphatic carbocycles. The molecule has 2 amide bonds. The minimum absolute atomic E-state index is 0.157. The van der Waals surface area contributed by atoms with Crippen LogP contribution in [-0.2, 0) is 6.54 Å².